The lowest BCUT2D eigenvalue weighted by Crippen LogP contribution is -2.27. The summed E-state index contributed by atoms with van der Waals surface area (Å²) in [7, 11) is 0. The van der Waals surface area contributed by atoms with Crippen LogP contribution in [0.1, 0.15) is 20.8 Å². The van der Waals surface area contributed by atoms with Crippen LogP contribution < -0.4 is 5.32 Å². The number of fused-ring (bicyclic) bond motifs is 1. The minimum Gasteiger partial charge on any atom is -0.365 e. The summed E-state index contributed by atoms with van der Waals surface area (Å²) in [5.74, 6) is 0.752. The van der Waals surface area contributed by atoms with Gasteiger partial charge in [0.15, 0.2) is 0 Å². The highest BCUT2D eigenvalue weighted by molar-refractivity contribution is 5.82. The van der Waals surface area contributed by atoms with Crippen LogP contribution >= 0.6 is 0 Å². The zero-order chi connectivity index (χ0) is 16.6. The Hall–Kier alpha value is -2.89. The fraction of sp³-hybridized carbons (Fsp3) is 0.235. The van der Waals surface area contributed by atoms with E-state index in [9.17, 15) is 10.1 Å². The first kappa shape index (κ1) is 15.0. The summed E-state index contributed by atoms with van der Waals surface area (Å²) >= 11 is 0. The zero-order valence-corrected chi connectivity index (χ0v) is 13.3. The van der Waals surface area contributed by atoms with Crippen molar-refractivity contribution in [1.29, 1.82) is 0 Å². The minimum atomic E-state index is -0.375. The summed E-state index contributed by atoms with van der Waals surface area (Å²) in [4.78, 5) is 15.6. The van der Waals surface area contributed by atoms with E-state index in [4.69, 9.17) is 0 Å². The van der Waals surface area contributed by atoms with Gasteiger partial charge in [-0.2, -0.15) is 0 Å². The first-order chi connectivity index (χ1) is 10.9. The molecule has 1 aromatic carbocycles. The predicted molar refractivity (Wildman–Crippen MR) is 90.7 cm³/mol. The number of aromatic nitrogens is 2. The Morgan fingerprint density at radius 1 is 1.13 bits per heavy atom. The van der Waals surface area contributed by atoms with Crippen molar-refractivity contribution in [2.75, 3.05) is 5.32 Å². The third-order valence-electron chi connectivity index (χ3n) is 3.38. The highest BCUT2D eigenvalue weighted by Gasteiger charge is 2.24. The topological polar surface area (TPSA) is 72.5 Å². The lowest BCUT2D eigenvalue weighted by atomic mass is 10.1. The van der Waals surface area contributed by atoms with E-state index in [2.05, 4.69) is 10.3 Å². The highest BCUT2D eigenvalue weighted by Crippen LogP contribution is 2.35. The largest absolute Gasteiger partial charge is 0.365 e. The summed E-state index contributed by atoms with van der Waals surface area (Å²) in [6.45, 7) is 6.12. The van der Waals surface area contributed by atoms with E-state index in [0.29, 0.717) is 11.3 Å². The lowest BCUT2D eigenvalue weighted by Gasteiger charge is -2.22. The Morgan fingerprint density at radius 2 is 1.83 bits per heavy atom. The predicted octanol–water partition coefficient (Wildman–Crippen LogP) is 4.12. The van der Waals surface area contributed by atoms with Crippen LogP contribution in [0.4, 0.5) is 11.5 Å². The van der Waals surface area contributed by atoms with Crippen molar-refractivity contribution in [3.05, 3.63) is 58.8 Å². The molecule has 0 unspecified atom stereocenters. The number of para-hydroxylation sites is 1. The van der Waals surface area contributed by atoms with Crippen LogP contribution in [0.3, 0.4) is 0 Å². The molecule has 0 saturated carbocycles. The van der Waals surface area contributed by atoms with E-state index in [-0.39, 0.29) is 16.1 Å². The molecule has 0 bridgehead atoms. The van der Waals surface area contributed by atoms with E-state index < -0.39 is 0 Å². The van der Waals surface area contributed by atoms with Gasteiger partial charge in [-0.25, -0.2) is 4.98 Å². The van der Waals surface area contributed by atoms with E-state index in [0.717, 1.165) is 11.5 Å². The molecule has 0 amide bonds. The first-order valence-corrected chi connectivity index (χ1v) is 7.36. The maximum Gasteiger partial charge on any atom is 0.278 e. The van der Waals surface area contributed by atoms with Crippen LogP contribution in [-0.2, 0) is 0 Å². The van der Waals surface area contributed by atoms with Crippen molar-refractivity contribution in [3.63, 3.8) is 0 Å². The molecular weight excluding hydrogens is 292 g/mol. The number of hydrogen-bond acceptors (Lipinski definition) is 4. The Morgan fingerprint density at radius 3 is 2.52 bits per heavy atom. The average Bonchev–Trinajstić information content (AvgIpc) is 2.84. The van der Waals surface area contributed by atoms with Crippen LogP contribution in [0.15, 0.2) is 48.7 Å². The molecule has 2 aromatic heterocycles. The number of imidazole rings is 1. The molecular formula is C17H18N4O2. The molecule has 6 nitrogen and oxygen atoms in total. The number of hydrogen-bond donors (Lipinski definition) is 1. The van der Waals surface area contributed by atoms with Gasteiger partial charge in [-0.15, -0.1) is 0 Å². The van der Waals surface area contributed by atoms with Gasteiger partial charge in [0.25, 0.3) is 5.69 Å². The van der Waals surface area contributed by atoms with Gasteiger partial charge in [-0.3, -0.25) is 14.5 Å². The normalized spacial score (nSPS) is 11.6. The van der Waals surface area contributed by atoms with E-state index >= 15 is 0 Å². The number of rotatable bonds is 3. The molecule has 2 heterocycles. The van der Waals surface area contributed by atoms with Gasteiger partial charge in [0.05, 0.1) is 10.5 Å². The lowest BCUT2D eigenvalue weighted by molar-refractivity contribution is -0.384. The SMILES string of the molecule is CC(C)(C)Nc1c(-c2ccccc2[N+](=O)[O-])nc2ccccn12. The van der Waals surface area contributed by atoms with Crippen molar-refractivity contribution >= 4 is 17.2 Å². The van der Waals surface area contributed by atoms with Gasteiger partial charge in [-0.05, 0) is 39.0 Å². The molecule has 118 valence electrons. The summed E-state index contributed by atoms with van der Waals surface area (Å²) in [6.07, 6.45) is 1.90. The summed E-state index contributed by atoms with van der Waals surface area (Å²) < 4.78 is 1.91. The molecule has 23 heavy (non-hydrogen) atoms. The molecule has 0 aliphatic heterocycles. The molecule has 0 aliphatic carbocycles. The number of benzene rings is 1. The molecule has 0 atom stereocenters. The highest BCUT2D eigenvalue weighted by atomic mass is 16.6. The molecule has 0 fully saturated rings. The summed E-state index contributed by atoms with van der Waals surface area (Å²) in [5.41, 5.74) is 1.68. The number of anilines is 1. The van der Waals surface area contributed by atoms with Gasteiger partial charge < -0.3 is 5.32 Å². The zero-order valence-electron chi connectivity index (χ0n) is 13.3. The fourth-order valence-corrected chi connectivity index (χ4v) is 2.49. The van der Waals surface area contributed by atoms with E-state index in [1.807, 2.05) is 49.6 Å². The van der Waals surface area contributed by atoms with Crippen LogP contribution in [0.5, 0.6) is 0 Å². The molecule has 1 N–H and O–H groups in total. The van der Waals surface area contributed by atoms with Crippen LogP contribution in [0.25, 0.3) is 16.9 Å². The smallest absolute Gasteiger partial charge is 0.278 e. The average molecular weight is 310 g/mol. The van der Waals surface area contributed by atoms with Crippen molar-refractivity contribution in [3.8, 4) is 11.3 Å². The van der Waals surface area contributed by atoms with Gasteiger partial charge in [0.2, 0.25) is 0 Å². The number of nitro groups is 1. The maximum atomic E-state index is 11.4. The first-order valence-electron chi connectivity index (χ1n) is 7.36. The molecule has 0 aliphatic rings. The Labute approximate surface area is 133 Å². The quantitative estimate of drug-likeness (QED) is 0.583. The summed E-state index contributed by atoms with van der Waals surface area (Å²) in [5, 5.41) is 14.8. The monoisotopic (exact) mass is 310 g/mol. The Kier molecular flexibility index (Phi) is 3.52. The minimum absolute atomic E-state index is 0.0489. The van der Waals surface area contributed by atoms with Crippen molar-refractivity contribution in [2.24, 2.45) is 0 Å². The molecule has 3 rings (SSSR count). The number of nitro benzene ring substituents is 1. The molecule has 6 heteroatoms. The third-order valence-corrected chi connectivity index (χ3v) is 3.38. The van der Waals surface area contributed by atoms with Crippen molar-refractivity contribution < 1.29 is 4.92 Å². The second-order valence-corrected chi connectivity index (χ2v) is 6.39. The number of nitrogens with zero attached hydrogens (tertiary/aromatic N) is 3. The third kappa shape index (κ3) is 2.88. The second kappa shape index (κ2) is 5.39. The van der Waals surface area contributed by atoms with E-state index in [1.54, 1.807) is 18.2 Å². The molecule has 3 aromatic rings. The number of pyridine rings is 1. The van der Waals surface area contributed by atoms with Crippen molar-refractivity contribution in [2.45, 2.75) is 26.3 Å². The fourth-order valence-electron chi connectivity index (χ4n) is 2.49. The number of nitrogens with one attached hydrogen (secondary N) is 1. The van der Waals surface area contributed by atoms with Crippen LogP contribution in [0, 0.1) is 10.1 Å². The molecule has 0 radical (unpaired) electrons. The van der Waals surface area contributed by atoms with E-state index in [1.165, 1.54) is 6.07 Å². The van der Waals surface area contributed by atoms with Gasteiger partial charge in [0, 0.05) is 17.8 Å². The summed E-state index contributed by atoms with van der Waals surface area (Å²) in [6, 6.07) is 12.4. The Bertz CT molecular complexity index is 878. The molecule has 0 saturated heterocycles. The molecule has 0 spiro atoms. The van der Waals surface area contributed by atoms with Gasteiger partial charge in [0.1, 0.15) is 17.2 Å². The Balaban J connectivity index is 2.29. The van der Waals surface area contributed by atoms with Crippen LogP contribution in [-0.4, -0.2) is 19.8 Å². The van der Waals surface area contributed by atoms with Gasteiger partial charge >= 0.3 is 0 Å². The standard InChI is InChI=1S/C17H18N4O2/c1-17(2,3)19-16-15(18-14-10-6-7-11-20(14)16)12-8-4-5-9-13(12)21(22)23/h4-11,19H,1-3H3. The van der Waals surface area contributed by atoms with Gasteiger partial charge in [-0.1, -0.05) is 18.2 Å². The second-order valence-electron chi connectivity index (χ2n) is 6.39. The van der Waals surface area contributed by atoms with Crippen molar-refractivity contribution in [1.82, 2.24) is 9.38 Å². The van der Waals surface area contributed by atoms with Crippen LogP contribution in [0.2, 0.25) is 0 Å². The maximum absolute atomic E-state index is 11.4.